The van der Waals surface area contributed by atoms with E-state index in [1.807, 2.05) is 0 Å². The molecule has 0 spiro atoms. The van der Waals surface area contributed by atoms with Gasteiger partial charge in [-0.3, -0.25) is 14.9 Å². The van der Waals surface area contributed by atoms with Crippen molar-refractivity contribution in [3.63, 3.8) is 0 Å². The van der Waals surface area contributed by atoms with Gasteiger partial charge in [-0.15, -0.1) is 0 Å². The molecule has 22 heavy (non-hydrogen) atoms. The first-order valence-corrected chi connectivity index (χ1v) is 6.90. The lowest BCUT2D eigenvalue weighted by Crippen LogP contribution is -2.09. The number of nitrogens with zero attached hydrogens (tertiary/aromatic N) is 1. The normalized spacial score (nSPS) is 10.6. The molecule has 7 heteroatoms. The first-order chi connectivity index (χ1) is 10.5. The maximum absolute atomic E-state index is 11.8. The number of carbonyl (C=O) groups is 1. The Morgan fingerprint density at radius 2 is 1.86 bits per heavy atom. The average molecular weight is 337 g/mol. The fourth-order valence-electron chi connectivity index (χ4n) is 1.70. The first kappa shape index (κ1) is 16.0. The number of nitro groups is 1. The van der Waals surface area contributed by atoms with Crippen molar-refractivity contribution >= 4 is 46.6 Å². The lowest BCUT2D eigenvalue weighted by Gasteiger charge is -2.03. The molecular formula is C15H10Cl2N2O3. The van der Waals surface area contributed by atoms with Crippen LogP contribution < -0.4 is 5.32 Å². The van der Waals surface area contributed by atoms with E-state index in [-0.39, 0.29) is 11.4 Å². The standard InChI is InChI=1S/C15H10Cl2N2O3/c16-11-7-5-10(9-12(11)17)6-8-15(20)18-13-3-1-2-4-14(13)19(21)22/h1-9H,(H,18,20). The second kappa shape index (κ2) is 7.06. The minimum Gasteiger partial charge on any atom is -0.317 e. The Kier molecular flexibility index (Phi) is 5.14. The summed E-state index contributed by atoms with van der Waals surface area (Å²) in [6.45, 7) is 0. The molecule has 0 aromatic heterocycles. The van der Waals surface area contributed by atoms with Crippen LogP contribution in [0.15, 0.2) is 48.5 Å². The van der Waals surface area contributed by atoms with Gasteiger partial charge in [0.15, 0.2) is 0 Å². The number of rotatable bonds is 4. The maximum atomic E-state index is 11.8. The van der Waals surface area contributed by atoms with E-state index >= 15 is 0 Å². The van der Waals surface area contributed by atoms with Gasteiger partial charge in [-0.05, 0) is 29.8 Å². The van der Waals surface area contributed by atoms with Crippen LogP contribution in [0.2, 0.25) is 10.0 Å². The average Bonchev–Trinajstić information content (AvgIpc) is 2.49. The molecule has 0 radical (unpaired) electrons. The quantitative estimate of drug-likeness (QED) is 0.505. The zero-order valence-electron chi connectivity index (χ0n) is 11.1. The van der Waals surface area contributed by atoms with E-state index < -0.39 is 10.8 Å². The number of amides is 1. The lowest BCUT2D eigenvalue weighted by molar-refractivity contribution is -0.383. The van der Waals surface area contributed by atoms with Crippen molar-refractivity contribution in [1.29, 1.82) is 0 Å². The summed E-state index contributed by atoms with van der Waals surface area (Å²) in [6.07, 6.45) is 2.79. The smallest absolute Gasteiger partial charge is 0.292 e. The second-order valence-corrected chi connectivity index (χ2v) is 5.08. The molecule has 2 aromatic rings. The highest BCUT2D eigenvalue weighted by molar-refractivity contribution is 6.42. The number of para-hydroxylation sites is 2. The van der Waals surface area contributed by atoms with Crippen molar-refractivity contribution in [1.82, 2.24) is 0 Å². The van der Waals surface area contributed by atoms with Crippen molar-refractivity contribution in [2.24, 2.45) is 0 Å². The third-order valence-corrected chi connectivity index (χ3v) is 3.47. The number of hydrogen-bond donors (Lipinski definition) is 1. The van der Waals surface area contributed by atoms with Gasteiger partial charge in [-0.1, -0.05) is 41.4 Å². The molecule has 1 N–H and O–H groups in total. The molecule has 112 valence electrons. The van der Waals surface area contributed by atoms with Crippen LogP contribution in [0.5, 0.6) is 0 Å². The van der Waals surface area contributed by atoms with Gasteiger partial charge in [0, 0.05) is 12.1 Å². The maximum Gasteiger partial charge on any atom is 0.292 e. The second-order valence-electron chi connectivity index (χ2n) is 4.27. The van der Waals surface area contributed by atoms with Crippen LogP contribution in [0.25, 0.3) is 6.08 Å². The topological polar surface area (TPSA) is 72.2 Å². The van der Waals surface area contributed by atoms with Crippen LogP contribution in [0.3, 0.4) is 0 Å². The fourth-order valence-corrected chi connectivity index (χ4v) is 2.01. The van der Waals surface area contributed by atoms with Crippen LogP contribution in [0.4, 0.5) is 11.4 Å². The molecule has 0 aliphatic rings. The SMILES string of the molecule is O=C(C=Cc1ccc(Cl)c(Cl)c1)Nc1ccccc1[N+](=O)[O-]. The minimum absolute atomic E-state index is 0.135. The summed E-state index contributed by atoms with van der Waals surface area (Å²) < 4.78 is 0. The van der Waals surface area contributed by atoms with Crippen LogP contribution in [0.1, 0.15) is 5.56 Å². The Balaban J connectivity index is 2.11. The number of benzene rings is 2. The van der Waals surface area contributed by atoms with Gasteiger partial charge in [0.1, 0.15) is 5.69 Å². The monoisotopic (exact) mass is 336 g/mol. The predicted molar refractivity (Wildman–Crippen MR) is 87.2 cm³/mol. The number of halogens is 2. The summed E-state index contributed by atoms with van der Waals surface area (Å²) in [5, 5.41) is 14.1. The third kappa shape index (κ3) is 4.07. The highest BCUT2D eigenvalue weighted by atomic mass is 35.5. The number of hydrogen-bond acceptors (Lipinski definition) is 3. The van der Waals surface area contributed by atoms with Crippen LogP contribution >= 0.6 is 23.2 Å². The Hall–Kier alpha value is -2.37. The predicted octanol–water partition coefficient (Wildman–Crippen LogP) is 4.55. The summed E-state index contributed by atoms with van der Waals surface area (Å²) >= 11 is 11.7. The Morgan fingerprint density at radius 1 is 1.14 bits per heavy atom. The first-order valence-electron chi connectivity index (χ1n) is 6.15. The van der Waals surface area contributed by atoms with Gasteiger partial charge in [0.05, 0.1) is 15.0 Å². The summed E-state index contributed by atoms with van der Waals surface area (Å²) in [5.41, 5.74) is 0.655. The molecule has 1 amide bonds. The summed E-state index contributed by atoms with van der Waals surface area (Å²) in [4.78, 5) is 22.1. The molecule has 0 saturated carbocycles. The summed E-state index contributed by atoms with van der Waals surface area (Å²) in [7, 11) is 0. The Morgan fingerprint density at radius 3 is 2.55 bits per heavy atom. The third-order valence-electron chi connectivity index (χ3n) is 2.73. The van der Waals surface area contributed by atoms with Gasteiger partial charge >= 0.3 is 0 Å². The largest absolute Gasteiger partial charge is 0.317 e. The van der Waals surface area contributed by atoms with E-state index in [2.05, 4.69) is 5.32 Å². The van der Waals surface area contributed by atoms with Gasteiger partial charge in [0.25, 0.3) is 5.69 Å². The van der Waals surface area contributed by atoms with Gasteiger partial charge in [-0.2, -0.15) is 0 Å². The molecule has 2 rings (SSSR count). The van der Waals surface area contributed by atoms with E-state index in [1.165, 1.54) is 30.4 Å². The van der Waals surface area contributed by atoms with E-state index in [9.17, 15) is 14.9 Å². The van der Waals surface area contributed by atoms with Gasteiger partial charge in [-0.25, -0.2) is 0 Å². The Labute approximate surface area is 136 Å². The fraction of sp³-hybridized carbons (Fsp3) is 0. The summed E-state index contributed by atoms with van der Waals surface area (Å²) in [6, 6.07) is 10.8. The highest BCUT2D eigenvalue weighted by Gasteiger charge is 2.13. The van der Waals surface area contributed by atoms with E-state index in [0.29, 0.717) is 15.6 Å². The molecule has 2 aromatic carbocycles. The van der Waals surface area contributed by atoms with E-state index in [1.54, 1.807) is 24.3 Å². The van der Waals surface area contributed by atoms with Crippen molar-refractivity contribution in [2.75, 3.05) is 5.32 Å². The lowest BCUT2D eigenvalue weighted by atomic mass is 10.2. The van der Waals surface area contributed by atoms with Crippen LogP contribution in [-0.4, -0.2) is 10.8 Å². The molecular weight excluding hydrogens is 327 g/mol. The molecule has 0 heterocycles. The number of nitro benzene ring substituents is 1. The Bertz CT molecular complexity index is 760. The molecule has 0 saturated heterocycles. The van der Waals surface area contributed by atoms with Crippen LogP contribution in [0, 0.1) is 10.1 Å². The molecule has 0 aliphatic carbocycles. The van der Waals surface area contributed by atoms with E-state index in [4.69, 9.17) is 23.2 Å². The highest BCUT2D eigenvalue weighted by Crippen LogP contribution is 2.24. The van der Waals surface area contributed by atoms with Crippen LogP contribution in [-0.2, 0) is 4.79 Å². The molecule has 5 nitrogen and oxygen atoms in total. The summed E-state index contributed by atoms with van der Waals surface area (Å²) in [5.74, 6) is -0.486. The van der Waals surface area contributed by atoms with Crippen molar-refractivity contribution < 1.29 is 9.72 Å². The molecule has 0 fully saturated rings. The zero-order chi connectivity index (χ0) is 16.1. The molecule has 0 bridgehead atoms. The van der Waals surface area contributed by atoms with Gasteiger partial charge < -0.3 is 5.32 Å². The van der Waals surface area contributed by atoms with E-state index in [0.717, 1.165) is 0 Å². The number of nitrogens with one attached hydrogen (secondary N) is 1. The number of carbonyl (C=O) groups excluding carboxylic acids is 1. The van der Waals surface area contributed by atoms with Crippen molar-refractivity contribution in [3.05, 3.63) is 74.3 Å². The van der Waals surface area contributed by atoms with Crippen molar-refractivity contribution in [2.45, 2.75) is 0 Å². The zero-order valence-corrected chi connectivity index (χ0v) is 12.6. The molecule has 0 atom stereocenters. The molecule has 0 aliphatic heterocycles. The van der Waals surface area contributed by atoms with Gasteiger partial charge in [0.2, 0.25) is 5.91 Å². The van der Waals surface area contributed by atoms with Crippen molar-refractivity contribution in [3.8, 4) is 0 Å². The molecule has 0 unspecified atom stereocenters. The minimum atomic E-state index is -0.557. The number of anilines is 1.